The van der Waals surface area contributed by atoms with E-state index in [4.69, 9.17) is 9.47 Å². The van der Waals surface area contributed by atoms with Crippen LogP contribution in [0.4, 0.5) is 0 Å². The maximum Gasteiger partial charge on any atom is 0.308 e. The fourth-order valence-electron chi connectivity index (χ4n) is 3.56. The van der Waals surface area contributed by atoms with E-state index in [1.807, 2.05) is 0 Å². The van der Waals surface area contributed by atoms with Crippen LogP contribution in [0.2, 0.25) is 0 Å². The Balaban J connectivity index is 2.18. The van der Waals surface area contributed by atoms with E-state index >= 15 is 0 Å². The van der Waals surface area contributed by atoms with Crippen LogP contribution in [0.5, 0.6) is 0 Å². The molecule has 152 valence electrons. The molecule has 0 aromatic heterocycles. The molecule has 0 aliphatic heterocycles. The topological polar surface area (TPSA) is 52.6 Å². The van der Waals surface area contributed by atoms with Gasteiger partial charge in [-0.15, -0.1) is 0 Å². The molecule has 1 fully saturated rings. The van der Waals surface area contributed by atoms with Crippen molar-refractivity contribution in [1.82, 2.24) is 0 Å². The first kappa shape index (κ1) is 23.0. The Morgan fingerprint density at radius 2 is 1.38 bits per heavy atom. The highest BCUT2D eigenvalue weighted by Gasteiger charge is 2.32. The third-order valence-electron chi connectivity index (χ3n) is 5.25. The van der Waals surface area contributed by atoms with Crippen LogP contribution < -0.4 is 0 Å². The Hall–Kier alpha value is -1.06. The van der Waals surface area contributed by atoms with Gasteiger partial charge in [-0.25, -0.2) is 0 Å². The standard InChI is InChI=1S/C22H40O4/c1-4-5-6-9-15-25-21(23)19-13-11-14-20(17-19)22(24)26-16-10-7-8-12-18(2)3/h18-20H,4-17H2,1-3H3. The minimum atomic E-state index is -0.128. The van der Waals surface area contributed by atoms with Crippen molar-refractivity contribution in [2.45, 2.75) is 97.8 Å². The van der Waals surface area contributed by atoms with Crippen molar-refractivity contribution in [3.8, 4) is 0 Å². The first-order chi connectivity index (χ1) is 12.5. The van der Waals surface area contributed by atoms with E-state index in [0.29, 0.717) is 19.6 Å². The maximum atomic E-state index is 12.3. The highest BCUT2D eigenvalue weighted by Crippen LogP contribution is 2.31. The van der Waals surface area contributed by atoms with Gasteiger partial charge in [0, 0.05) is 0 Å². The molecule has 1 aliphatic carbocycles. The van der Waals surface area contributed by atoms with E-state index < -0.39 is 0 Å². The molecule has 26 heavy (non-hydrogen) atoms. The minimum absolute atomic E-state index is 0.116. The van der Waals surface area contributed by atoms with Gasteiger partial charge in [0.15, 0.2) is 0 Å². The van der Waals surface area contributed by atoms with Crippen LogP contribution in [0.25, 0.3) is 0 Å². The van der Waals surface area contributed by atoms with Crippen molar-refractivity contribution >= 4 is 11.9 Å². The zero-order chi connectivity index (χ0) is 19.2. The largest absolute Gasteiger partial charge is 0.465 e. The molecule has 2 atom stereocenters. The Morgan fingerprint density at radius 3 is 1.88 bits per heavy atom. The van der Waals surface area contributed by atoms with Crippen LogP contribution in [0.3, 0.4) is 0 Å². The molecule has 4 heteroatoms. The van der Waals surface area contributed by atoms with Crippen LogP contribution in [0.1, 0.15) is 97.8 Å². The summed E-state index contributed by atoms with van der Waals surface area (Å²) in [5.41, 5.74) is 0. The highest BCUT2D eigenvalue weighted by atomic mass is 16.5. The molecule has 0 aromatic rings. The summed E-state index contributed by atoms with van der Waals surface area (Å²) in [6.07, 6.45) is 12.1. The van der Waals surface area contributed by atoms with Crippen molar-refractivity contribution < 1.29 is 19.1 Å². The van der Waals surface area contributed by atoms with Gasteiger partial charge in [0.25, 0.3) is 0 Å². The summed E-state index contributed by atoms with van der Waals surface area (Å²) >= 11 is 0. The second kappa shape index (κ2) is 14.1. The molecule has 0 radical (unpaired) electrons. The molecule has 1 rings (SSSR count). The van der Waals surface area contributed by atoms with Crippen LogP contribution in [0, 0.1) is 17.8 Å². The summed E-state index contributed by atoms with van der Waals surface area (Å²) in [7, 11) is 0. The lowest BCUT2D eigenvalue weighted by Gasteiger charge is -2.26. The van der Waals surface area contributed by atoms with Crippen molar-refractivity contribution in [3.63, 3.8) is 0 Å². The first-order valence-electron chi connectivity index (χ1n) is 10.9. The summed E-state index contributed by atoms with van der Waals surface area (Å²) in [4.78, 5) is 24.5. The predicted octanol–water partition coefficient (Wildman–Crippen LogP) is 5.68. The molecule has 1 saturated carbocycles. The summed E-state index contributed by atoms with van der Waals surface area (Å²) in [5, 5.41) is 0. The Kier molecular flexibility index (Phi) is 12.4. The average molecular weight is 369 g/mol. The van der Waals surface area contributed by atoms with Crippen LogP contribution in [-0.2, 0) is 19.1 Å². The van der Waals surface area contributed by atoms with E-state index in [-0.39, 0.29) is 23.8 Å². The van der Waals surface area contributed by atoms with Gasteiger partial charge in [0.05, 0.1) is 25.0 Å². The van der Waals surface area contributed by atoms with E-state index in [1.165, 1.54) is 25.7 Å². The minimum Gasteiger partial charge on any atom is -0.465 e. The van der Waals surface area contributed by atoms with Crippen molar-refractivity contribution in [1.29, 1.82) is 0 Å². The van der Waals surface area contributed by atoms with Crippen LogP contribution in [0.15, 0.2) is 0 Å². The number of hydrogen-bond donors (Lipinski definition) is 0. The predicted molar refractivity (Wildman–Crippen MR) is 105 cm³/mol. The quantitative estimate of drug-likeness (QED) is 0.310. The molecule has 0 bridgehead atoms. The first-order valence-corrected chi connectivity index (χ1v) is 10.9. The monoisotopic (exact) mass is 368 g/mol. The summed E-state index contributed by atoms with van der Waals surface area (Å²) in [6.45, 7) is 7.66. The van der Waals surface area contributed by atoms with Gasteiger partial charge in [-0.2, -0.15) is 0 Å². The second-order valence-electron chi connectivity index (χ2n) is 8.20. The van der Waals surface area contributed by atoms with E-state index in [1.54, 1.807) is 0 Å². The third-order valence-corrected chi connectivity index (χ3v) is 5.25. The lowest BCUT2D eigenvalue weighted by Crippen LogP contribution is -2.30. The molecular weight excluding hydrogens is 328 g/mol. The second-order valence-corrected chi connectivity index (χ2v) is 8.20. The normalized spacial score (nSPS) is 20.2. The summed E-state index contributed by atoms with van der Waals surface area (Å²) in [5.74, 6) is 0.251. The number of unbranched alkanes of at least 4 members (excludes halogenated alkanes) is 5. The van der Waals surface area contributed by atoms with Gasteiger partial charge < -0.3 is 9.47 Å². The fourth-order valence-corrected chi connectivity index (χ4v) is 3.56. The van der Waals surface area contributed by atoms with Gasteiger partial charge in [0.1, 0.15) is 0 Å². The summed E-state index contributed by atoms with van der Waals surface area (Å²) < 4.78 is 10.9. The molecule has 0 heterocycles. The Morgan fingerprint density at radius 1 is 0.846 bits per heavy atom. The molecule has 0 spiro atoms. The zero-order valence-corrected chi connectivity index (χ0v) is 17.3. The van der Waals surface area contributed by atoms with Gasteiger partial charge in [0.2, 0.25) is 0 Å². The van der Waals surface area contributed by atoms with Gasteiger partial charge in [-0.05, 0) is 38.0 Å². The van der Waals surface area contributed by atoms with Crippen molar-refractivity contribution in [2.75, 3.05) is 13.2 Å². The molecule has 0 saturated heterocycles. The number of ether oxygens (including phenoxy) is 2. The molecule has 4 nitrogen and oxygen atoms in total. The van der Waals surface area contributed by atoms with Crippen LogP contribution >= 0.6 is 0 Å². The molecular formula is C22H40O4. The Bertz CT molecular complexity index is 392. The molecule has 0 amide bonds. The number of esters is 2. The van der Waals surface area contributed by atoms with Crippen molar-refractivity contribution in [2.24, 2.45) is 17.8 Å². The SMILES string of the molecule is CCCCCCOC(=O)C1CCCC(C(=O)OCCCCCC(C)C)C1. The molecule has 0 N–H and O–H groups in total. The van der Waals surface area contributed by atoms with E-state index in [0.717, 1.165) is 50.9 Å². The average Bonchev–Trinajstić information content (AvgIpc) is 2.64. The van der Waals surface area contributed by atoms with Crippen molar-refractivity contribution in [3.05, 3.63) is 0 Å². The van der Waals surface area contributed by atoms with Gasteiger partial charge >= 0.3 is 11.9 Å². The van der Waals surface area contributed by atoms with E-state index in [2.05, 4.69) is 20.8 Å². The number of carbonyl (C=O) groups excluding carboxylic acids is 2. The van der Waals surface area contributed by atoms with Crippen LogP contribution in [-0.4, -0.2) is 25.2 Å². The lowest BCUT2D eigenvalue weighted by atomic mass is 9.81. The highest BCUT2D eigenvalue weighted by molar-refractivity contribution is 5.76. The molecule has 0 aromatic carbocycles. The number of carbonyl (C=O) groups is 2. The smallest absolute Gasteiger partial charge is 0.308 e. The van der Waals surface area contributed by atoms with E-state index in [9.17, 15) is 9.59 Å². The van der Waals surface area contributed by atoms with Gasteiger partial charge in [-0.1, -0.05) is 65.7 Å². The fraction of sp³-hybridized carbons (Fsp3) is 0.909. The zero-order valence-electron chi connectivity index (χ0n) is 17.3. The van der Waals surface area contributed by atoms with Gasteiger partial charge in [-0.3, -0.25) is 9.59 Å². The third kappa shape index (κ3) is 10.2. The number of rotatable bonds is 13. The summed E-state index contributed by atoms with van der Waals surface area (Å²) in [6, 6.07) is 0. The number of hydrogen-bond acceptors (Lipinski definition) is 4. The molecule has 1 aliphatic rings. The lowest BCUT2D eigenvalue weighted by molar-refractivity contribution is -0.155. The maximum absolute atomic E-state index is 12.3. The molecule has 2 unspecified atom stereocenters. The Labute approximate surface area is 160 Å².